The Morgan fingerprint density at radius 3 is 2.56 bits per heavy atom. The Kier molecular flexibility index (Phi) is 7.36. The molecule has 36 heavy (non-hydrogen) atoms. The van der Waals surface area contributed by atoms with Gasteiger partial charge in [0, 0.05) is 19.2 Å². The van der Waals surface area contributed by atoms with E-state index in [1.807, 2.05) is 31.0 Å². The molecule has 2 aliphatic rings. The highest BCUT2D eigenvalue weighted by atomic mass is 32.2. The number of rotatable bonds is 4. The summed E-state index contributed by atoms with van der Waals surface area (Å²) in [5.41, 5.74) is 5.55. The molecule has 1 heterocycles. The van der Waals surface area contributed by atoms with Gasteiger partial charge < -0.3 is 4.90 Å². The van der Waals surface area contributed by atoms with Gasteiger partial charge in [-0.05, 0) is 92.8 Å². The molecule has 0 radical (unpaired) electrons. The van der Waals surface area contributed by atoms with Crippen molar-refractivity contribution in [1.29, 1.82) is 0 Å². The van der Waals surface area contributed by atoms with Gasteiger partial charge in [-0.3, -0.25) is 4.31 Å². The van der Waals surface area contributed by atoms with Crippen molar-refractivity contribution in [3.8, 4) is 0 Å². The van der Waals surface area contributed by atoms with E-state index in [9.17, 15) is 12.8 Å². The van der Waals surface area contributed by atoms with Crippen LogP contribution in [0.5, 0.6) is 0 Å². The van der Waals surface area contributed by atoms with Crippen LogP contribution in [0, 0.1) is 30.9 Å². The second kappa shape index (κ2) is 10.0. The van der Waals surface area contributed by atoms with Gasteiger partial charge in [0.25, 0.3) is 10.0 Å². The summed E-state index contributed by atoms with van der Waals surface area (Å²) in [6.07, 6.45) is 9.03. The minimum Gasteiger partial charge on any atom is -0.371 e. The number of sulfonamides is 1. The second-order valence-electron chi connectivity index (χ2n) is 10.6. The van der Waals surface area contributed by atoms with E-state index in [0.717, 1.165) is 37.7 Å². The van der Waals surface area contributed by atoms with Crippen molar-refractivity contribution in [1.82, 2.24) is 0 Å². The number of benzene rings is 2. The lowest BCUT2D eigenvalue weighted by Gasteiger charge is -2.37. The van der Waals surface area contributed by atoms with E-state index >= 15 is 4.39 Å². The molecule has 0 N–H and O–H groups in total. The van der Waals surface area contributed by atoms with Gasteiger partial charge in [-0.2, -0.15) is 0 Å². The maximum absolute atomic E-state index is 15.7. The Hall–Kier alpha value is -2.63. The number of allylic oxidation sites excluding steroid dienone is 1. The molecule has 1 aliphatic heterocycles. The Morgan fingerprint density at radius 1 is 1.11 bits per heavy atom. The summed E-state index contributed by atoms with van der Waals surface area (Å²) in [5.74, 6) is -1.09. The van der Waals surface area contributed by atoms with Crippen LogP contribution in [0.2, 0.25) is 0 Å². The number of hydrogen-bond acceptors (Lipinski definition) is 3. The molecule has 1 saturated carbocycles. The van der Waals surface area contributed by atoms with Crippen LogP contribution in [-0.4, -0.2) is 28.6 Å². The van der Waals surface area contributed by atoms with Crippen LogP contribution in [0.25, 0.3) is 0 Å². The largest absolute Gasteiger partial charge is 0.371 e. The highest BCUT2D eigenvalue weighted by Gasteiger charge is 2.37. The van der Waals surface area contributed by atoms with Crippen molar-refractivity contribution < 1.29 is 17.2 Å². The van der Waals surface area contributed by atoms with Gasteiger partial charge in [0.15, 0.2) is 0 Å². The topological polar surface area (TPSA) is 40.6 Å². The average Bonchev–Trinajstić information content (AvgIpc) is 3.01. The molecule has 0 saturated heterocycles. The van der Waals surface area contributed by atoms with Gasteiger partial charge in [-0.15, -0.1) is 5.73 Å². The molecule has 2 aromatic rings. The third-order valence-corrected chi connectivity index (χ3v) is 9.75. The molecule has 0 spiro atoms. The van der Waals surface area contributed by atoms with Crippen molar-refractivity contribution in [2.75, 3.05) is 29.3 Å². The van der Waals surface area contributed by atoms with Crippen LogP contribution < -0.4 is 9.21 Å². The van der Waals surface area contributed by atoms with Gasteiger partial charge >= 0.3 is 0 Å². The zero-order valence-electron chi connectivity index (χ0n) is 21.9. The number of hydrogen-bond donors (Lipinski definition) is 0. The van der Waals surface area contributed by atoms with Crippen LogP contribution >= 0.6 is 0 Å². The Labute approximate surface area is 214 Å². The van der Waals surface area contributed by atoms with E-state index in [2.05, 4.69) is 18.7 Å². The van der Waals surface area contributed by atoms with E-state index in [-0.39, 0.29) is 34.0 Å². The first-order valence-electron chi connectivity index (χ1n) is 12.7. The lowest BCUT2D eigenvalue weighted by atomic mass is 9.77. The predicted molar refractivity (Wildman–Crippen MR) is 142 cm³/mol. The molecule has 2 unspecified atom stereocenters. The lowest BCUT2D eigenvalue weighted by molar-refractivity contribution is 0.348. The number of likely N-dealkylation sites (N-methyl/N-ethyl adjacent to an activating group) is 1. The van der Waals surface area contributed by atoms with E-state index in [1.54, 1.807) is 19.9 Å². The molecule has 2 aromatic carbocycles. The fourth-order valence-electron chi connectivity index (χ4n) is 5.81. The first-order valence-corrected chi connectivity index (χ1v) is 14.1. The van der Waals surface area contributed by atoms with Crippen molar-refractivity contribution >= 4 is 21.4 Å². The lowest BCUT2D eigenvalue weighted by Crippen LogP contribution is -2.43. The van der Waals surface area contributed by atoms with E-state index < -0.39 is 21.7 Å². The monoisotopic (exact) mass is 514 g/mol. The van der Waals surface area contributed by atoms with Crippen LogP contribution in [0.1, 0.15) is 68.6 Å². The maximum atomic E-state index is 15.7. The molecule has 0 aromatic heterocycles. The number of aryl methyl sites for hydroxylation is 1. The average molecular weight is 515 g/mol. The molecule has 194 valence electrons. The Bertz CT molecular complexity index is 1310. The third-order valence-electron chi connectivity index (χ3n) is 7.78. The number of fused-ring (bicyclic) bond motifs is 1. The summed E-state index contributed by atoms with van der Waals surface area (Å²) in [5, 5.41) is 0. The van der Waals surface area contributed by atoms with E-state index in [0.29, 0.717) is 17.8 Å². The smallest absolute Gasteiger partial charge is 0.267 e. The van der Waals surface area contributed by atoms with Crippen molar-refractivity contribution in [2.45, 2.75) is 70.6 Å². The zero-order valence-corrected chi connectivity index (χ0v) is 22.7. The molecule has 0 amide bonds. The minimum atomic E-state index is -4.24. The van der Waals surface area contributed by atoms with Crippen molar-refractivity contribution in [3.05, 3.63) is 70.5 Å². The Morgan fingerprint density at radius 2 is 1.86 bits per heavy atom. The van der Waals surface area contributed by atoms with Gasteiger partial charge in [-0.1, -0.05) is 25.8 Å². The molecule has 7 heteroatoms. The summed E-state index contributed by atoms with van der Waals surface area (Å²) in [7, 11) is -2.40. The third kappa shape index (κ3) is 4.83. The minimum absolute atomic E-state index is 0.0338. The maximum Gasteiger partial charge on any atom is 0.267 e. The fraction of sp³-hybridized carbons (Fsp3) is 0.483. The molecular weight excluding hydrogens is 478 g/mol. The van der Waals surface area contributed by atoms with Crippen molar-refractivity contribution in [3.63, 3.8) is 0 Å². The molecule has 4 nitrogen and oxygen atoms in total. The normalized spacial score (nSPS) is 22.5. The quantitative estimate of drug-likeness (QED) is 0.325. The molecule has 1 fully saturated rings. The van der Waals surface area contributed by atoms with Gasteiger partial charge in [0.1, 0.15) is 16.5 Å². The molecular formula is C29H36F2N2O2S. The molecule has 4 rings (SSSR count). The summed E-state index contributed by atoms with van der Waals surface area (Å²) in [4.78, 5) is 1.57. The number of halogens is 2. The first-order chi connectivity index (χ1) is 17.0. The van der Waals surface area contributed by atoms with Gasteiger partial charge in [0.2, 0.25) is 0 Å². The SMILES string of the molecule is CC=C=CC1(C)CCCCC(c2cc(C)c(S(=O)(=O)N3CCN(C)c4ccc(F)c(C)c43)c(F)c2)C1. The molecule has 0 bridgehead atoms. The van der Waals surface area contributed by atoms with Gasteiger partial charge in [0.05, 0.1) is 17.9 Å². The summed E-state index contributed by atoms with van der Waals surface area (Å²) in [6, 6.07) is 6.16. The second-order valence-corrected chi connectivity index (χ2v) is 12.4. The standard InChI is InChI=1S/C29H36F2N2O2S/c1-6-7-13-29(4)14-9-8-10-22(19-29)23-17-20(2)28(25(31)18-23)36(34,35)33-16-15-32(5)26-12-11-24(30)21(3)27(26)33/h6,11-13,17-18,22H,8-10,14-16,19H2,1-5H3. The van der Waals surface area contributed by atoms with Crippen LogP contribution in [0.15, 0.2) is 47.0 Å². The van der Waals surface area contributed by atoms with Crippen molar-refractivity contribution in [2.24, 2.45) is 5.41 Å². The number of nitrogens with zero attached hydrogens (tertiary/aromatic N) is 2. The van der Waals surface area contributed by atoms with Crippen LogP contribution in [-0.2, 0) is 10.0 Å². The van der Waals surface area contributed by atoms with Crippen LogP contribution in [0.3, 0.4) is 0 Å². The molecule has 1 aliphatic carbocycles. The summed E-state index contributed by atoms with van der Waals surface area (Å²) in [6.45, 7) is 7.93. The van der Waals surface area contributed by atoms with E-state index in [4.69, 9.17) is 0 Å². The fourth-order valence-corrected chi connectivity index (χ4v) is 7.60. The highest BCUT2D eigenvalue weighted by molar-refractivity contribution is 7.93. The van der Waals surface area contributed by atoms with E-state index in [1.165, 1.54) is 16.4 Å². The van der Waals surface area contributed by atoms with Gasteiger partial charge in [-0.25, -0.2) is 17.2 Å². The zero-order chi connectivity index (χ0) is 26.3. The Balaban J connectivity index is 1.75. The summed E-state index contributed by atoms with van der Waals surface area (Å²) >= 11 is 0. The highest BCUT2D eigenvalue weighted by Crippen LogP contribution is 2.45. The van der Waals surface area contributed by atoms with Crippen LogP contribution in [0.4, 0.5) is 20.2 Å². The summed E-state index contributed by atoms with van der Waals surface area (Å²) < 4.78 is 59.1. The predicted octanol–water partition coefficient (Wildman–Crippen LogP) is 7.01. The number of anilines is 2. The first kappa shape index (κ1) is 26.4. The molecule has 2 atom stereocenters.